The van der Waals surface area contributed by atoms with Gasteiger partial charge in [-0.15, -0.1) is 13.2 Å². The summed E-state index contributed by atoms with van der Waals surface area (Å²) in [5.74, 6) is -0.240. The number of ketones is 4. The average molecular weight is 322 g/mol. The molecule has 0 aromatic carbocycles. The van der Waals surface area contributed by atoms with Crippen LogP contribution in [0.2, 0.25) is 0 Å². The van der Waals surface area contributed by atoms with Crippen LogP contribution in [0.5, 0.6) is 0 Å². The lowest BCUT2D eigenvalue weighted by molar-refractivity contribution is -0.126. The number of carbonyl (C=O) groups is 4. The molecule has 0 aliphatic carbocycles. The molecule has 0 aliphatic rings. The molecule has 0 aromatic heterocycles. The number of hydrogen-bond donors (Lipinski definition) is 0. The lowest BCUT2D eigenvalue weighted by atomic mass is 10.1. The van der Waals surface area contributed by atoms with Crippen molar-refractivity contribution < 1.29 is 23.9 Å². The van der Waals surface area contributed by atoms with Crippen LogP contribution >= 0.6 is 0 Å². The molecule has 0 radical (unpaired) electrons. The fourth-order valence-corrected chi connectivity index (χ4v) is 1.88. The number of rotatable bonds is 14. The van der Waals surface area contributed by atoms with Crippen molar-refractivity contribution in [3.05, 3.63) is 25.3 Å². The van der Waals surface area contributed by atoms with Crippen molar-refractivity contribution >= 4 is 23.1 Å². The van der Waals surface area contributed by atoms with Gasteiger partial charge in [-0.25, -0.2) is 0 Å². The van der Waals surface area contributed by atoms with Crippen LogP contribution in [0, 0.1) is 0 Å². The van der Waals surface area contributed by atoms with Crippen molar-refractivity contribution in [3.8, 4) is 0 Å². The molecular weight excluding hydrogens is 296 g/mol. The first kappa shape index (κ1) is 21.1. The Labute approximate surface area is 137 Å². The van der Waals surface area contributed by atoms with Crippen LogP contribution in [-0.4, -0.2) is 35.3 Å². The van der Waals surface area contributed by atoms with Gasteiger partial charge in [-0.1, -0.05) is 12.2 Å². The monoisotopic (exact) mass is 322 g/mol. The summed E-state index contributed by atoms with van der Waals surface area (Å²) in [5.41, 5.74) is 0. The molecule has 0 rings (SSSR count). The third-order valence-corrected chi connectivity index (χ3v) is 3.24. The van der Waals surface area contributed by atoms with Gasteiger partial charge in [0, 0.05) is 38.5 Å². The van der Waals surface area contributed by atoms with E-state index < -0.39 is 12.2 Å². The molecule has 23 heavy (non-hydrogen) atoms. The minimum absolute atomic E-state index is 0.0329. The Morgan fingerprint density at radius 1 is 0.783 bits per heavy atom. The molecule has 0 aromatic rings. The van der Waals surface area contributed by atoms with Crippen LogP contribution < -0.4 is 0 Å². The number of Topliss-reactive ketones (excluding diaryl/α,β-unsaturated/α-hetero) is 4. The van der Waals surface area contributed by atoms with Crippen LogP contribution in [0.25, 0.3) is 0 Å². The molecule has 0 fully saturated rings. The second-order valence-electron chi connectivity index (χ2n) is 5.57. The molecule has 0 spiro atoms. The molecule has 0 N–H and O–H groups in total. The van der Waals surface area contributed by atoms with Gasteiger partial charge in [-0.05, 0) is 13.8 Å². The Morgan fingerprint density at radius 2 is 1.13 bits per heavy atom. The van der Waals surface area contributed by atoms with Crippen LogP contribution in [0.15, 0.2) is 25.3 Å². The normalized spacial score (nSPS) is 13.0. The van der Waals surface area contributed by atoms with E-state index in [9.17, 15) is 19.2 Å². The fourth-order valence-electron chi connectivity index (χ4n) is 1.88. The summed E-state index contributed by atoms with van der Waals surface area (Å²) in [6.45, 7) is 10.1. The largest absolute Gasteiger partial charge is 0.366 e. The first-order valence-corrected chi connectivity index (χ1v) is 7.71. The summed E-state index contributed by atoms with van der Waals surface area (Å²) in [5, 5.41) is 0. The molecule has 0 saturated carbocycles. The molecule has 2 unspecified atom stereocenters. The molecule has 0 heterocycles. The van der Waals surface area contributed by atoms with Crippen LogP contribution in [0.3, 0.4) is 0 Å². The Kier molecular flexibility index (Phi) is 10.7. The third kappa shape index (κ3) is 11.4. The van der Waals surface area contributed by atoms with E-state index in [0.29, 0.717) is 0 Å². The minimum atomic E-state index is -0.530. The first-order chi connectivity index (χ1) is 10.8. The predicted octanol–water partition coefficient (Wildman–Crippen LogP) is 2.77. The number of hydrogen-bond acceptors (Lipinski definition) is 5. The van der Waals surface area contributed by atoms with Gasteiger partial charge in [0.15, 0.2) is 0 Å². The standard InChI is InChI=1S/C18H26O5/c1-5-17(11-15(21)9-7-13(3)19)23-18(6-2)12-16(22)10-8-14(4)20/h5-6,17-18H,1-2,7-12H2,3-4H3. The molecule has 0 bridgehead atoms. The maximum Gasteiger partial charge on any atom is 0.136 e. The molecule has 128 valence electrons. The van der Waals surface area contributed by atoms with Crippen molar-refractivity contribution in [2.45, 2.75) is 64.6 Å². The van der Waals surface area contributed by atoms with Crippen molar-refractivity contribution in [2.75, 3.05) is 0 Å². The van der Waals surface area contributed by atoms with E-state index in [2.05, 4.69) is 13.2 Å². The average Bonchev–Trinajstić information content (AvgIpc) is 2.49. The van der Waals surface area contributed by atoms with Crippen LogP contribution in [0.1, 0.15) is 52.4 Å². The highest BCUT2D eigenvalue weighted by Gasteiger charge is 2.18. The zero-order valence-corrected chi connectivity index (χ0v) is 14.0. The summed E-state index contributed by atoms with van der Waals surface area (Å²) in [6.07, 6.45) is 2.97. The third-order valence-electron chi connectivity index (χ3n) is 3.24. The lowest BCUT2D eigenvalue weighted by Crippen LogP contribution is -2.24. The number of ether oxygens (including phenoxy) is 1. The van der Waals surface area contributed by atoms with E-state index in [4.69, 9.17) is 4.74 Å². The van der Waals surface area contributed by atoms with Gasteiger partial charge in [-0.3, -0.25) is 9.59 Å². The summed E-state index contributed by atoms with van der Waals surface area (Å²) < 4.78 is 5.66. The summed E-state index contributed by atoms with van der Waals surface area (Å²) >= 11 is 0. The van der Waals surface area contributed by atoms with Crippen molar-refractivity contribution in [1.82, 2.24) is 0 Å². The van der Waals surface area contributed by atoms with E-state index in [1.165, 1.54) is 26.0 Å². The van der Waals surface area contributed by atoms with Crippen LogP contribution in [-0.2, 0) is 23.9 Å². The van der Waals surface area contributed by atoms with E-state index in [1.54, 1.807) is 0 Å². The topological polar surface area (TPSA) is 77.5 Å². The van der Waals surface area contributed by atoms with Crippen molar-refractivity contribution in [3.63, 3.8) is 0 Å². The first-order valence-electron chi connectivity index (χ1n) is 7.71. The minimum Gasteiger partial charge on any atom is -0.366 e. The molecule has 5 nitrogen and oxygen atoms in total. The van der Waals surface area contributed by atoms with Gasteiger partial charge in [-0.2, -0.15) is 0 Å². The van der Waals surface area contributed by atoms with Crippen molar-refractivity contribution in [1.29, 1.82) is 0 Å². The highest BCUT2D eigenvalue weighted by molar-refractivity contribution is 5.85. The molecule has 0 saturated heterocycles. The Hall–Kier alpha value is -1.88. The molecular formula is C18H26O5. The number of carbonyl (C=O) groups excluding carboxylic acids is 4. The second kappa shape index (κ2) is 11.7. The van der Waals surface area contributed by atoms with E-state index in [1.807, 2.05) is 0 Å². The predicted molar refractivity (Wildman–Crippen MR) is 88.1 cm³/mol. The summed E-state index contributed by atoms with van der Waals surface area (Å²) in [7, 11) is 0. The maximum atomic E-state index is 11.8. The highest BCUT2D eigenvalue weighted by atomic mass is 16.5. The van der Waals surface area contributed by atoms with Gasteiger partial charge in [0.25, 0.3) is 0 Å². The Bertz CT molecular complexity index is 422. The van der Waals surface area contributed by atoms with Crippen LogP contribution in [0.4, 0.5) is 0 Å². The fraction of sp³-hybridized carbons (Fsp3) is 0.556. The maximum absolute atomic E-state index is 11.8. The quantitative estimate of drug-likeness (QED) is 0.460. The Morgan fingerprint density at radius 3 is 1.39 bits per heavy atom. The van der Waals surface area contributed by atoms with Gasteiger partial charge < -0.3 is 14.3 Å². The lowest BCUT2D eigenvalue weighted by Gasteiger charge is -2.19. The highest BCUT2D eigenvalue weighted by Crippen LogP contribution is 2.12. The van der Waals surface area contributed by atoms with E-state index in [0.717, 1.165) is 0 Å². The SMILES string of the molecule is C=CC(CC(=O)CCC(C)=O)OC(C=C)CC(=O)CCC(C)=O. The van der Waals surface area contributed by atoms with Gasteiger partial charge in [0.2, 0.25) is 0 Å². The van der Waals surface area contributed by atoms with Crippen molar-refractivity contribution in [2.24, 2.45) is 0 Å². The zero-order valence-electron chi connectivity index (χ0n) is 14.0. The zero-order chi connectivity index (χ0) is 17.8. The molecule has 0 aliphatic heterocycles. The van der Waals surface area contributed by atoms with Gasteiger partial charge in [0.05, 0.1) is 12.2 Å². The molecule has 0 amide bonds. The summed E-state index contributed by atoms with van der Waals surface area (Å²) in [6, 6.07) is 0. The van der Waals surface area contributed by atoms with E-state index >= 15 is 0 Å². The van der Waals surface area contributed by atoms with Gasteiger partial charge >= 0.3 is 0 Å². The van der Waals surface area contributed by atoms with Gasteiger partial charge in [0.1, 0.15) is 23.1 Å². The van der Waals surface area contributed by atoms with E-state index in [-0.39, 0.29) is 61.7 Å². The summed E-state index contributed by atoms with van der Waals surface area (Å²) in [4.78, 5) is 45.3. The molecule has 2 atom stereocenters. The molecule has 5 heteroatoms. The second-order valence-corrected chi connectivity index (χ2v) is 5.57. The smallest absolute Gasteiger partial charge is 0.136 e. The Balaban J connectivity index is 4.39.